The molecular formula is C15H21N5OS. The first-order valence-electron chi connectivity index (χ1n) is 7.55. The van der Waals surface area contributed by atoms with Gasteiger partial charge in [0.25, 0.3) is 0 Å². The Kier molecular flexibility index (Phi) is 4.26. The zero-order valence-corrected chi connectivity index (χ0v) is 13.7. The molecule has 3 heterocycles. The normalized spacial score (nSPS) is 18.5. The first-order chi connectivity index (χ1) is 10.6. The van der Waals surface area contributed by atoms with Crippen LogP contribution in [-0.2, 0) is 4.79 Å². The maximum absolute atomic E-state index is 12.4. The number of hydrogen-bond acceptors (Lipinski definition) is 6. The maximum Gasteiger partial charge on any atom is 0.227 e. The van der Waals surface area contributed by atoms with Crippen molar-refractivity contribution in [1.29, 1.82) is 0 Å². The summed E-state index contributed by atoms with van der Waals surface area (Å²) in [6, 6.07) is 1.90. The second-order valence-corrected chi connectivity index (χ2v) is 6.71. The highest BCUT2D eigenvalue weighted by Gasteiger charge is 2.27. The molecule has 0 aliphatic carbocycles. The van der Waals surface area contributed by atoms with E-state index in [2.05, 4.69) is 14.9 Å². The Labute approximate surface area is 133 Å². The summed E-state index contributed by atoms with van der Waals surface area (Å²) in [7, 11) is 0. The van der Waals surface area contributed by atoms with Crippen molar-refractivity contribution in [1.82, 2.24) is 14.9 Å². The van der Waals surface area contributed by atoms with Gasteiger partial charge in [-0.1, -0.05) is 6.92 Å². The third-order valence-electron chi connectivity index (χ3n) is 4.29. The number of amides is 1. The Hall–Kier alpha value is -1.73. The molecule has 0 aromatic carbocycles. The number of rotatable bonds is 3. The van der Waals surface area contributed by atoms with E-state index in [4.69, 9.17) is 5.73 Å². The van der Waals surface area contributed by atoms with Crippen molar-refractivity contribution in [3.05, 3.63) is 17.8 Å². The average molecular weight is 319 g/mol. The third-order valence-corrected chi connectivity index (χ3v) is 5.19. The second kappa shape index (κ2) is 6.18. The summed E-state index contributed by atoms with van der Waals surface area (Å²) in [6.07, 6.45) is 1.61. The van der Waals surface area contributed by atoms with E-state index < -0.39 is 0 Å². The van der Waals surface area contributed by atoms with Crippen LogP contribution in [0, 0.1) is 5.92 Å². The molecule has 2 unspecified atom stereocenters. The second-order valence-electron chi connectivity index (χ2n) is 5.79. The lowest BCUT2D eigenvalue weighted by Gasteiger charge is -2.37. The minimum atomic E-state index is -0.130. The van der Waals surface area contributed by atoms with Gasteiger partial charge < -0.3 is 15.5 Å². The fraction of sp³-hybridized carbons (Fsp3) is 0.533. The number of piperazine rings is 1. The molecule has 7 heteroatoms. The van der Waals surface area contributed by atoms with Crippen LogP contribution in [0.15, 0.2) is 17.8 Å². The summed E-state index contributed by atoms with van der Waals surface area (Å²) in [5.74, 6) is 1.00. The molecule has 1 saturated heterocycles. The largest absolute Gasteiger partial charge is 0.352 e. The number of carbonyl (C=O) groups excluding carboxylic acids is 1. The van der Waals surface area contributed by atoms with Gasteiger partial charge in [-0.2, -0.15) is 0 Å². The SMILES string of the molecule is CC(N)C(C)C(=O)N1CCN(c2ncnc3ccsc23)CC1. The van der Waals surface area contributed by atoms with Gasteiger partial charge in [-0.25, -0.2) is 9.97 Å². The molecule has 3 rings (SSSR count). The molecule has 1 amide bonds. The van der Waals surface area contributed by atoms with Crippen LogP contribution in [-0.4, -0.2) is 53.0 Å². The molecule has 2 aromatic rings. The minimum absolute atomic E-state index is 0.113. The van der Waals surface area contributed by atoms with Crippen molar-refractivity contribution in [2.45, 2.75) is 19.9 Å². The lowest BCUT2D eigenvalue weighted by molar-refractivity contribution is -0.135. The van der Waals surface area contributed by atoms with Gasteiger partial charge in [0.1, 0.15) is 12.1 Å². The van der Waals surface area contributed by atoms with Crippen molar-refractivity contribution >= 4 is 33.3 Å². The zero-order chi connectivity index (χ0) is 15.7. The molecule has 1 aliphatic rings. The smallest absolute Gasteiger partial charge is 0.227 e. The monoisotopic (exact) mass is 319 g/mol. The Morgan fingerprint density at radius 2 is 2.00 bits per heavy atom. The highest BCUT2D eigenvalue weighted by molar-refractivity contribution is 7.17. The fourth-order valence-corrected chi connectivity index (χ4v) is 3.51. The molecule has 22 heavy (non-hydrogen) atoms. The van der Waals surface area contributed by atoms with Crippen LogP contribution in [0.3, 0.4) is 0 Å². The van der Waals surface area contributed by atoms with Gasteiger partial charge in [0, 0.05) is 32.2 Å². The van der Waals surface area contributed by atoms with E-state index >= 15 is 0 Å². The maximum atomic E-state index is 12.4. The van der Waals surface area contributed by atoms with Crippen molar-refractivity contribution in [3.8, 4) is 0 Å². The van der Waals surface area contributed by atoms with Crippen molar-refractivity contribution in [3.63, 3.8) is 0 Å². The van der Waals surface area contributed by atoms with E-state index in [0.29, 0.717) is 13.1 Å². The van der Waals surface area contributed by atoms with Crippen LogP contribution in [0.25, 0.3) is 10.2 Å². The first-order valence-corrected chi connectivity index (χ1v) is 8.43. The Balaban J connectivity index is 1.69. The predicted molar refractivity (Wildman–Crippen MR) is 89.0 cm³/mol. The lowest BCUT2D eigenvalue weighted by atomic mass is 10.0. The fourth-order valence-electron chi connectivity index (χ4n) is 2.65. The molecule has 0 saturated carbocycles. The number of thiophene rings is 1. The van der Waals surface area contributed by atoms with Gasteiger partial charge in [-0.05, 0) is 18.4 Å². The zero-order valence-electron chi connectivity index (χ0n) is 12.9. The van der Waals surface area contributed by atoms with Crippen molar-refractivity contribution in [2.75, 3.05) is 31.1 Å². The lowest BCUT2D eigenvalue weighted by Crippen LogP contribution is -2.52. The number of fused-ring (bicyclic) bond motifs is 1. The number of anilines is 1. The Morgan fingerprint density at radius 1 is 1.27 bits per heavy atom. The van der Waals surface area contributed by atoms with E-state index in [1.807, 2.05) is 30.2 Å². The topological polar surface area (TPSA) is 75.4 Å². The Morgan fingerprint density at radius 3 is 2.68 bits per heavy atom. The third kappa shape index (κ3) is 2.78. The summed E-state index contributed by atoms with van der Waals surface area (Å²) in [5.41, 5.74) is 6.82. The molecule has 2 N–H and O–H groups in total. The van der Waals surface area contributed by atoms with Crippen molar-refractivity contribution < 1.29 is 4.79 Å². The molecule has 0 spiro atoms. The van der Waals surface area contributed by atoms with Crippen LogP contribution in [0.1, 0.15) is 13.8 Å². The summed E-state index contributed by atoms with van der Waals surface area (Å²) >= 11 is 1.66. The van der Waals surface area contributed by atoms with E-state index in [1.54, 1.807) is 17.7 Å². The molecule has 2 atom stereocenters. The standard InChI is InChI=1S/C15H21N5OS/c1-10(11(2)16)15(21)20-6-4-19(5-7-20)14-13-12(3-8-22-13)17-9-18-14/h3,8-11H,4-7,16H2,1-2H3. The van der Waals surface area contributed by atoms with Crippen molar-refractivity contribution in [2.24, 2.45) is 11.7 Å². The van der Waals surface area contributed by atoms with E-state index in [9.17, 15) is 4.79 Å². The van der Waals surface area contributed by atoms with E-state index in [1.165, 1.54) is 0 Å². The summed E-state index contributed by atoms with van der Waals surface area (Å²) < 4.78 is 1.12. The van der Waals surface area contributed by atoms with Crippen LogP contribution < -0.4 is 10.6 Å². The van der Waals surface area contributed by atoms with Gasteiger partial charge in [-0.15, -0.1) is 11.3 Å². The average Bonchev–Trinajstić information content (AvgIpc) is 3.02. The number of nitrogens with two attached hydrogens (primary N) is 1. The van der Waals surface area contributed by atoms with E-state index in [-0.39, 0.29) is 17.9 Å². The number of hydrogen-bond donors (Lipinski definition) is 1. The highest BCUT2D eigenvalue weighted by atomic mass is 32.1. The molecule has 118 valence electrons. The summed E-state index contributed by atoms with van der Waals surface area (Å²) in [4.78, 5) is 25.2. The van der Waals surface area contributed by atoms with Gasteiger partial charge in [0.05, 0.1) is 16.1 Å². The molecule has 2 aromatic heterocycles. The van der Waals surface area contributed by atoms with Crippen LogP contribution >= 0.6 is 11.3 Å². The molecule has 0 radical (unpaired) electrons. The van der Waals surface area contributed by atoms with Gasteiger partial charge in [0.2, 0.25) is 5.91 Å². The highest BCUT2D eigenvalue weighted by Crippen LogP contribution is 2.28. The quantitative estimate of drug-likeness (QED) is 0.923. The summed E-state index contributed by atoms with van der Waals surface area (Å²) in [6.45, 7) is 6.80. The number of carbonyl (C=O) groups is 1. The summed E-state index contributed by atoms with van der Waals surface area (Å²) in [5, 5.41) is 2.03. The molecule has 0 bridgehead atoms. The van der Waals surface area contributed by atoms with Gasteiger partial charge in [0.15, 0.2) is 0 Å². The minimum Gasteiger partial charge on any atom is -0.352 e. The van der Waals surface area contributed by atoms with Crippen LogP contribution in [0.5, 0.6) is 0 Å². The Bertz CT molecular complexity index is 663. The van der Waals surface area contributed by atoms with Gasteiger partial charge >= 0.3 is 0 Å². The number of nitrogens with zero attached hydrogens (tertiary/aromatic N) is 4. The van der Waals surface area contributed by atoms with Crippen LogP contribution in [0.4, 0.5) is 5.82 Å². The number of aromatic nitrogens is 2. The molecule has 6 nitrogen and oxygen atoms in total. The van der Waals surface area contributed by atoms with Crippen LogP contribution in [0.2, 0.25) is 0 Å². The molecular weight excluding hydrogens is 298 g/mol. The predicted octanol–water partition coefficient (Wildman–Crippen LogP) is 1.32. The first kappa shape index (κ1) is 15.2. The van der Waals surface area contributed by atoms with Gasteiger partial charge in [-0.3, -0.25) is 4.79 Å². The van der Waals surface area contributed by atoms with E-state index in [0.717, 1.165) is 29.1 Å². The molecule has 1 aliphatic heterocycles. The molecule has 1 fully saturated rings.